The molecular formula is C25H23NO3. The first-order valence-electron chi connectivity index (χ1n) is 10.0. The van der Waals surface area contributed by atoms with Crippen LogP contribution in [-0.4, -0.2) is 24.5 Å². The molecule has 0 fully saturated rings. The molecule has 4 heteroatoms. The van der Waals surface area contributed by atoms with E-state index in [2.05, 4.69) is 18.2 Å². The lowest BCUT2D eigenvalue weighted by Crippen LogP contribution is -2.44. The van der Waals surface area contributed by atoms with Gasteiger partial charge in [0.05, 0.1) is 13.2 Å². The number of carbonyl (C=O) groups is 1. The minimum atomic E-state index is 0.0473. The summed E-state index contributed by atoms with van der Waals surface area (Å²) in [6, 6.07) is 22.3. The van der Waals surface area contributed by atoms with Crippen molar-refractivity contribution in [2.24, 2.45) is 0 Å². The molecule has 3 aromatic rings. The molecule has 0 spiro atoms. The highest BCUT2D eigenvalue weighted by molar-refractivity contribution is 5.97. The van der Waals surface area contributed by atoms with Crippen molar-refractivity contribution in [3.63, 3.8) is 0 Å². The second kappa shape index (κ2) is 7.28. The van der Waals surface area contributed by atoms with Gasteiger partial charge in [-0.3, -0.25) is 4.79 Å². The standard InChI is InChI=1S/C25H23NO3/c1-28-23-14-19-11-12-26-22(13-18-9-5-6-10-20(18)25(26)27)21(19)15-24(23)29-16-17-7-3-2-4-8-17/h2-10,14-15,22H,11-13,16H2,1H3. The Bertz CT molecular complexity index is 1060. The van der Waals surface area contributed by atoms with Crippen LogP contribution >= 0.6 is 0 Å². The Hall–Kier alpha value is -3.27. The van der Waals surface area contributed by atoms with Gasteiger partial charge in [-0.05, 0) is 53.3 Å². The van der Waals surface area contributed by atoms with E-state index in [1.807, 2.05) is 53.4 Å². The highest BCUT2D eigenvalue weighted by Crippen LogP contribution is 2.42. The Labute approximate surface area is 170 Å². The number of methoxy groups -OCH3 is 1. The van der Waals surface area contributed by atoms with Gasteiger partial charge in [-0.2, -0.15) is 0 Å². The number of nitrogens with zero attached hydrogens (tertiary/aromatic N) is 1. The Morgan fingerprint density at radius 2 is 1.76 bits per heavy atom. The molecule has 0 radical (unpaired) electrons. The van der Waals surface area contributed by atoms with Gasteiger partial charge in [0.15, 0.2) is 11.5 Å². The van der Waals surface area contributed by atoms with Crippen molar-refractivity contribution >= 4 is 5.91 Å². The summed E-state index contributed by atoms with van der Waals surface area (Å²) < 4.78 is 11.7. The van der Waals surface area contributed by atoms with Crippen molar-refractivity contribution < 1.29 is 14.3 Å². The van der Waals surface area contributed by atoms with Gasteiger partial charge in [0, 0.05) is 12.1 Å². The molecule has 0 saturated heterocycles. The molecule has 0 aromatic heterocycles. The Morgan fingerprint density at radius 1 is 0.966 bits per heavy atom. The lowest BCUT2D eigenvalue weighted by atomic mass is 9.83. The molecule has 29 heavy (non-hydrogen) atoms. The summed E-state index contributed by atoms with van der Waals surface area (Å²) in [5.74, 6) is 1.60. The van der Waals surface area contributed by atoms with Crippen molar-refractivity contribution in [2.45, 2.75) is 25.5 Å². The Morgan fingerprint density at radius 3 is 2.59 bits per heavy atom. The van der Waals surface area contributed by atoms with Gasteiger partial charge in [0.1, 0.15) is 6.61 Å². The zero-order valence-electron chi connectivity index (χ0n) is 16.4. The van der Waals surface area contributed by atoms with E-state index in [4.69, 9.17) is 9.47 Å². The van der Waals surface area contributed by atoms with Crippen LogP contribution in [0.3, 0.4) is 0 Å². The highest BCUT2D eigenvalue weighted by Gasteiger charge is 2.37. The number of fused-ring (bicyclic) bond motifs is 4. The van der Waals surface area contributed by atoms with Crippen molar-refractivity contribution in [1.29, 1.82) is 0 Å². The van der Waals surface area contributed by atoms with Crippen molar-refractivity contribution in [3.05, 3.63) is 94.5 Å². The fourth-order valence-electron chi connectivity index (χ4n) is 4.45. The molecule has 0 aliphatic carbocycles. The van der Waals surface area contributed by atoms with Crippen LogP contribution in [0.1, 0.15) is 38.7 Å². The third-order valence-corrected chi connectivity index (χ3v) is 5.94. The first kappa shape index (κ1) is 17.8. The summed E-state index contributed by atoms with van der Waals surface area (Å²) in [6.07, 6.45) is 1.66. The van der Waals surface area contributed by atoms with E-state index in [1.54, 1.807) is 7.11 Å². The molecule has 1 amide bonds. The number of ether oxygens (including phenoxy) is 2. The van der Waals surface area contributed by atoms with E-state index in [9.17, 15) is 4.79 Å². The maximum absolute atomic E-state index is 13.0. The molecule has 2 aliphatic rings. The van der Waals surface area contributed by atoms with Crippen LogP contribution < -0.4 is 9.47 Å². The fourth-order valence-corrected chi connectivity index (χ4v) is 4.45. The Kier molecular flexibility index (Phi) is 4.47. The maximum atomic E-state index is 13.0. The van der Waals surface area contributed by atoms with Crippen LogP contribution in [0.15, 0.2) is 66.7 Å². The van der Waals surface area contributed by atoms with E-state index >= 15 is 0 Å². The molecule has 0 saturated carbocycles. The molecule has 0 N–H and O–H groups in total. The van der Waals surface area contributed by atoms with Crippen molar-refractivity contribution in [3.8, 4) is 11.5 Å². The van der Waals surface area contributed by atoms with Crippen LogP contribution in [0.4, 0.5) is 0 Å². The van der Waals surface area contributed by atoms with E-state index in [-0.39, 0.29) is 11.9 Å². The van der Waals surface area contributed by atoms with Gasteiger partial charge in [0.25, 0.3) is 5.91 Å². The van der Waals surface area contributed by atoms with Crippen LogP contribution in [0.25, 0.3) is 0 Å². The molecule has 2 aliphatic heterocycles. The van der Waals surface area contributed by atoms with Gasteiger partial charge in [-0.25, -0.2) is 0 Å². The van der Waals surface area contributed by atoms with Gasteiger partial charge >= 0.3 is 0 Å². The largest absolute Gasteiger partial charge is 0.493 e. The summed E-state index contributed by atoms with van der Waals surface area (Å²) in [7, 11) is 1.67. The minimum absolute atomic E-state index is 0.0473. The summed E-state index contributed by atoms with van der Waals surface area (Å²) in [4.78, 5) is 15.1. The Balaban J connectivity index is 1.50. The quantitative estimate of drug-likeness (QED) is 0.660. The van der Waals surface area contributed by atoms with E-state index in [0.29, 0.717) is 6.61 Å². The number of rotatable bonds is 4. The molecule has 4 nitrogen and oxygen atoms in total. The average Bonchev–Trinajstić information content (AvgIpc) is 2.78. The van der Waals surface area contributed by atoms with Crippen molar-refractivity contribution in [1.82, 2.24) is 4.90 Å². The summed E-state index contributed by atoms with van der Waals surface area (Å²) in [5.41, 5.74) is 5.47. The zero-order valence-corrected chi connectivity index (χ0v) is 16.4. The number of hydrogen-bond donors (Lipinski definition) is 0. The molecule has 1 unspecified atom stereocenters. The fraction of sp³-hybridized carbons (Fsp3) is 0.240. The molecule has 0 bridgehead atoms. The monoisotopic (exact) mass is 385 g/mol. The number of hydrogen-bond acceptors (Lipinski definition) is 3. The number of carbonyl (C=O) groups excluding carboxylic acids is 1. The predicted molar refractivity (Wildman–Crippen MR) is 111 cm³/mol. The van der Waals surface area contributed by atoms with Gasteiger partial charge in [0.2, 0.25) is 0 Å². The van der Waals surface area contributed by atoms with Crippen molar-refractivity contribution in [2.75, 3.05) is 13.7 Å². The maximum Gasteiger partial charge on any atom is 0.254 e. The smallest absolute Gasteiger partial charge is 0.254 e. The molecule has 5 rings (SSSR count). The van der Waals surface area contributed by atoms with E-state index < -0.39 is 0 Å². The van der Waals surface area contributed by atoms with E-state index in [0.717, 1.165) is 47.6 Å². The van der Waals surface area contributed by atoms with Crippen LogP contribution in [0.5, 0.6) is 11.5 Å². The predicted octanol–water partition coefficient (Wildman–Crippen LogP) is 4.57. The zero-order chi connectivity index (χ0) is 19.8. The molecule has 3 aromatic carbocycles. The van der Waals surface area contributed by atoms with Gasteiger partial charge < -0.3 is 14.4 Å². The summed E-state index contributed by atoms with van der Waals surface area (Å²) >= 11 is 0. The highest BCUT2D eigenvalue weighted by atomic mass is 16.5. The topological polar surface area (TPSA) is 38.8 Å². The molecular weight excluding hydrogens is 362 g/mol. The van der Waals surface area contributed by atoms with Crippen LogP contribution in [0.2, 0.25) is 0 Å². The lowest BCUT2D eigenvalue weighted by Gasteiger charge is -2.41. The second-order valence-electron chi connectivity index (χ2n) is 7.60. The van der Waals surface area contributed by atoms with E-state index in [1.165, 1.54) is 11.1 Å². The minimum Gasteiger partial charge on any atom is -0.493 e. The third kappa shape index (κ3) is 3.15. The first-order valence-corrected chi connectivity index (χ1v) is 10.0. The molecule has 2 heterocycles. The van der Waals surface area contributed by atoms with Crippen LogP contribution in [-0.2, 0) is 19.4 Å². The van der Waals surface area contributed by atoms with Gasteiger partial charge in [-0.1, -0.05) is 48.5 Å². The third-order valence-electron chi connectivity index (χ3n) is 5.94. The van der Waals surface area contributed by atoms with Crippen LogP contribution in [0, 0.1) is 0 Å². The number of amides is 1. The average molecular weight is 385 g/mol. The normalized spacial score (nSPS) is 17.2. The van der Waals surface area contributed by atoms with Gasteiger partial charge in [-0.15, -0.1) is 0 Å². The SMILES string of the molecule is COc1cc2c(cc1OCc1ccccc1)C1Cc3ccccc3C(=O)N1CC2. The first-order chi connectivity index (χ1) is 14.2. The lowest BCUT2D eigenvalue weighted by molar-refractivity contribution is 0.0631. The number of benzene rings is 3. The summed E-state index contributed by atoms with van der Waals surface area (Å²) in [5, 5.41) is 0. The molecule has 146 valence electrons. The molecule has 1 atom stereocenters. The second-order valence-corrected chi connectivity index (χ2v) is 7.60. The summed E-state index contributed by atoms with van der Waals surface area (Å²) in [6.45, 7) is 1.21.